The second-order valence-corrected chi connectivity index (χ2v) is 9.53. The van der Waals surface area contributed by atoms with E-state index in [2.05, 4.69) is 24.9 Å². The van der Waals surface area contributed by atoms with Crippen LogP contribution in [0.15, 0.2) is 18.3 Å². The minimum absolute atomic E-state index is 0.101. The number of ether oxygens (including phenoxy) is 1. The first-order chi connectivity index (χ1) is 16.8. The Morgan fingerprint density at radius 2 is 2.11 bits per heavy atom. The van der Waals surface area contributed by atoms with Crippen molar-refractivity contribution in [1.29, 1.82) is 0 Å². The van der Waals surface area contributed by atoms with Crippen LogP contribution in [0.5, 0.6) is 5.75 Å². The Balaban J connectivity index is 1.51. The van der Waals surface area contributed by atoms with Gasteiger partial charge in [-0.1, -0.05) is 11.9 Å². The van der Waals surface area contributed by atoms with Crippen molar-refractivity contribution in [2.45, 2.75) is 38.3 Å². The molecule has 0 spiro atoms. The van der Waals surface area contributed by atoms with Gasteiger partial charge < -0.3 is 26.2 Å². The molecule has 2 aromatic rings. The van der Waals surface area contributed by atoms with Crippen molar-refractivity contribution >= 4 is 29.5 Å². The average molecular weight is 511 g/mol. The molecule has 1 aromatic heterocycles. The van der Waals surface area contributed by atoms with E-state index in [1.54, 1.807) is 6.92 Å². The fourth-order valence-corrected chi connectivity index (χ4v) is 4.70. The number of piperidine rings is 1. The number of nitrogen functional groups attached to an aromatic ring is 1. The minimum atomic E-state index is -1.31. The summed E-state index contributed by atoms with van der Waals surface area (Å²) in [6.07, 6.45) is 3.70. The van der Waals surface area contributed by atoms with Gasteiger partial charge in [0.15, 0.2) is 11.6 Å². The van der Waals surface area contributed by atoms with Crippen LogP contribution in [-0.2, 0) is 0 Å². The normalized spacial score (nSPS) is 15.7. The molecule has 9 nitrogen and oxygen atoms in total. The molecule has 12 heteroatoms. The number of nitrogens with two attached hydrogens (primary N) is 1. The number of benzene rings is 1. The van der Waals surface area contributed by atoms with E-state index in [4.69, 9.17) is 10.5 Å². The smallest absolute Gasteiger partial charge is 0.224 e. The molecule has 1 aromatic carbocycles. The lowest BCUT2D eigenvalue weighted by molar-refractivity contribution is 0.103. The number of carbonyl (C=O) groups is 1. The van der Waals surface area contributed by atoms with Gasteiger partial charge in [0.05, 0.1) is 18.8 Å². The SMILES string of the molecule is COc1ccc(F)c(F)c1C(=O)c1cnc(NC2CCN(SCCCNCC(C)O)CC2)nc1N. The van der Waals surface area contributed by atoms with Gasteiger partial charge in [-0.05, 0) is 44.9 Å². The molecule has 1 saturated heterocycles. The van der Waals surface area contributed by atoms with E-state index in [9.17, 15) is 18.7 Å². The fourth-order valence-electron chi connectivity index (χ4n) is 3.70. The highest BCUT2D eigenvalue weighted by Crippen LogP contribution is 2.28. The standard InChI is InChI=1S/C23H32F2N6O3S/c1-14(32)12-27-8-3-11-35-31-9-6-15(7-10-31)29-23-28-13-16(22(26)30-23)21(33)19-18(34-2)5-4-17(24)20(19)25/h4-5,13-15,27,32H,3,6-12H2,1-2H3,(H3,26,28,29,30). The number of hydrogen-bond acceptors (Lipinski definition) is 10. The molecular formula is C23H32F2N6O3S. The molecule has 0 bridgehead atoms. The fraction of sp³-hybridized carbons (Fsp3) is 0.522. The Kier molecular flexibility index (Phi) is 10.0. The third kappa shape index (κ3) is 7.47. The molecule has 1 aliphatic heterocycles. The Hall–Kier alpha value is -2.54. The molecule has 0 radical (unpaired) electrons. The Morgan fingerprint density at radius 3 is 2.77 bits per heavy atom. The molecular weight excluding hydrogens is 478 g/mol. The molecule has 35 heavy (non-hydrogen) atoms. The zero-order valence-electron chi connectivity index (χ0n) is 19.9. The highest BCUT2D eigenvalue weighted by molar-refractivity contribution is 7.97. The highest BCUT2D eigenvalue weighted by atomic mass is 32.2. The Labute approximate surface area is 208 Å². The number of aliphatic hydroxyl groups excluding tert-OH is 1. The van der Waals surface area contributed by atoms with E-state index in [-0.39, 0.29) is 35.2 Å². The van der Waals surface area contributed by atoms with Crippen LogP contribution in [0, 0.1) is 11.6 Å². The van der Waals surface area contributed by atoms with Crippen LogP contribution in [0.2, 0.25) is 0 Å². The van der Waals surface area contributed by atoms with Gasteiger partial charge in [-0.3, -0.25) is 9.10 Å². The summed E-state index contributed by atoms with van der Waals surface area (Å²) in [4.78, 5) is 21.2. The summed E-state index contributed by atoms with van der Waals surface area (Å²) < 4.78 is 35.4. The predicted molar refractivity (Wildman–Crippen MR) is 133 cm³/mol. The van der Waals surface area contributed by atoms with Gasteiger partial charge in [-0.25, -0.2) is 13.8 Å². The lowest BCUT2D eigenvalue weighted by Gasteiger charge is -2.31. The summed E-state index contributed by atoms with van der Waals surface area (Å²) in [5.74, 6) is -2.26. The number of hydrogen-bond donors (Lipinski definition) is 4. The van der Waals surface area contributed by atoms with Crippen LogP contribution < -0.4 is 21.1 Å². The molecule has 1 aliphatic rings. The molecule has 1 unspecified atom stereocenters. The molecule has 0 amide bonds. The average Bonchev–Trinajstić information content (AvgIpc) is 2.83. The largest absolute Gasteiger partial charge is 0.496 e. The lowest BCUT2D eigenvalue weighted by Crippen LogP contribution is -2.36. The second kappa shape index (κ2) is 13.0. The number of methoxy groups -OCH3 is 1. The van der Waals surface area contributed by atoms with Gasteiger partial charge in [0.25, 0.3) is 0 Å². The van der Waals surface area contributed by atoms with Crippen LogP contribution in [0.4, 0.5) is 20.5 Å². The monoisotopic (exact) mass is 510 g/mol. The van der Waals surface area contributed by atoms with Crippen LogP contribution in [-0.4, -0.2) is 76.4 Å². The highest BCUT2D eigenvalue weighted by Gasteiger charge is 2.26. The molecule has 1 atom stereocenters. The van der Waals surface area contributed by atoms with Gasteiger partial charge in [-0.2, -0.15) is 4.98 Å². The number of rotatable bonds is 12. The molecule has 0 aliphatic carbocycles. The maximum atomic E-state index is 14.3. The summed E-state index contributed by atoms with van der Waals surface area (Å²) >= 11 is 1.82. The molecule has 192 valence electrons. The zero-order chi connectivity index (χ0) is 25.4. The van der Waals surface area contributed by atoms with E-state index in [0.29, 0.717) is 6.54 Å². The molecule has 1 fully saturated rings. The Bertz CT molecular complexity index is 1010. The molecule has 3 rings (SSSR count). The minimum Gasteiger partial charge on any atom is -0.496 e. The van der Waals surface area contributed by atoms with Gasteiger partial charge in [0, 0.05) is 37.6 Å². The van der Waals surface area contributed by atoms with E-state index in [1.165, 1.54) is 19.4 Å². The summed E-state index contributed by atoms with van der Waals surface area (Å²) in [6.45, 7) is 5.08. The summed E-state index contributed by atoms with van der Waals surface area (Å²) in [7, 11) is 1.26. The van der Waals surface area contributed by atoms with Gasteiger partial charge in [0.2, 0.25) is 11.7 Å². The topological polar surface area (TPSA) is 126 Å². The number of aromatic nitrogens is 2. The van der Waals surface area contributed by atoms with Crippen molar-refractivity contribution in [3.8, 4) is 5.75 Å². The van der Waals surface area contributed by atoms with Crippen LogP contribution in [0.25, 0.3) is 0 Å². The summed E-state index contributed by atoms with van der Waals surface area (Å²) in [6, 6.07) is 2.22. The van der Waals surface area contributed by atoms with Gasteiger partial charge in [0.1, 0.15) is 17.1 Å². The van der Waals surface area contributed by atoms with Crippen LogP contribution in [0.3, 0.4) is 0 Å². The van der Waals surface area contributed by atoms with Crippen molar-refractivity contribution < 1.29 is 23.4 Å². The number of nitrogens with zero attached hydrogens (tertiary/aromatic N) is 3. The summed E-state index contributed by atoms with van der Waals surface area (Å²) in [5, 5.41) is 15.7. The number of aliphatic hydroxyl groups is 1. The van der Waals surface area contributed by atoms with E-state index in [1.807, 2.05) is 11.9 Å². The lowest BCUT2D eigenvalue weighted by atomic mass is 10.0. The zero-order valence-corrected chi connectivity index (χ0v) is 20.7. The second-order valence-electron chi connectivity index (χ2n) is 8.35. The third-order valence-electron chi connectivity index (χ3n) is 5.57. The quantitative estimate of drug-likeness (QED) is 0.192. The molecule has 0 saturated carbocycles. The van der Waals surface area contributed by atoms with Crippen molar-refractivity contribution in [2.75, 3.05) is 50.1 Å². The van der Waals surface area contributed by atoms with Crippen molar-refractivity contribution in [3.63, 3.8) is 0 Å². The third-order valence-corrected chi connectivity index (χ3v) is 6.77. The maximum absolute atomic E-state index is 14.3. The van der Waals surface area contributed by atoms with E-state index >= 15 is 0 Å². The van der Waals surface area contributed by atoms with Crippen LogP contribution >= 0.6 is 11.9 Å². The number of anilines is 2. The van der Waals surface area contributed by atoms with Crippen LogP contribution in [0.1, 0.15) is 42.1 Å². The van der Waals surface area contributed by atoms with E-state index < -0.39 is 23.0 Å². The number of halogens is 2. The first-order valence-corrected chi connectivity index (χ1v) is 12.5. The number of ketones is 1. The number of carbonyl (C=O) groups excluding carboxylic acids is 1. The predicted octanol–water partition coefficient (Wildman–Crippen LogP) is 2.46. The molecule has 5 N–H and O–H groups in total. The van der Waals surface area contributed by atoms with Crippen molar-refractivity contribution in [2.24, 2.45) is 0 Å². The number of nitrogens with one attached hydrogen (secondary N) is 2. The summed E-state index contributed by atoms with van der Waals surface area (Å²) in [5.41, 5.74) is 5.29. The first-order valence-electron chi connectivity index (χ1n) is 11.5. The van der Waals surface area contributed by atoms with Crippen molar-refractivity contribution in [3.05, 3.63) is 41.1 Å². The van der Waals surface area contributed by atoms with Gasteiger partial charge in [-0.15, -0.1) is 0 Å². The van der Waals surface area contributed by atoms with Crippen molar-refractivity contribution in [1.82, 2.24) is 19.6 Å². The first kappa shape index (κ1) is 27.1. The maximum Gasteiger partial charge on any atom is 0.224 e. The Morgan fingerprint density at radius 1 is 1.37 bits per heavy atom. The molecule has 2 heterocycles. The van der Waals surface area contributed by atoms with E-state index in [0.717, 1.165) is 50.7 Å². The van der Waals surface area contributed by atoms with Gasteiger partial charge >= 0.3 is 0 Å².